The SMILES string of the molecule is CN(Cc1ccc2c(c1)OCO2)C(C)(C)C#N. The quantitative estimate of drug-likeness (QED) is 0.801. The second-order valence-corrected chi connectivity index (χ2v) is 4.71. The minimum Gasteiger partial charge on any atom is -0.454 e. The van der Waals surface area contributed by atoms with Gasteiger partial charge >= 0.3 is 0 Å². The Balaban J connectivity index is 2.12. The van der Waals surface area contributed by atoms with Crippen LogP contribution in [0.15, 0.2) is 18.2 Å². The third-order valence-corrected chi connectivity index (χ3v) is 3.08. The number of nitrogens with zero attached hydrogens (tertiary/aromatic N) is 2. The summed E-state index contributed by atoms with van der Waals surface area (Å²) < 4.78 is 10.6. The van der Waals surface area contributed by atoms with Crippen LogP contribution in [-0.2, 0) is 6.54 Å². The van der Waals surface area contributed by atoms with Gasteiger partial charge in [0.25, 0.3) is 0 Å². The molecule has 0 aromatic heterocycles. The Labute approximate surface area is 101 Å². The summed E-state index contributed by atoms with van der Waals surface area (Å²) in [6, 6.07) is 8.15. The van der Waals surface area contributed by atoms with Crippen LogP contribution in [-0.4, -0.2) is 24.3 Å². The topological polar surface area (TPSA) is 45.5 Å². The molecule has 0 spiro atoms. The van der Waals surface area contributed by atoms with Gasteiger partial charge < -0.3 is 9.47 Å². The smallest absolute Gasteiger partial charge is 0.231 e. The number of nitriles is 1. The third kappa shape index (κ3) is 2.34. The van der Waals surface area contributed by atoms with Crippen LogP contribution >= 0.6 is 0 Å². The first kappa shape index (κ1) is 11.7. The first-order chi connectivity index (χ1) is 8.03. The molecule has 1 aromatic carbocycles. The summed E-state index contributed by atoms with van der Waals surface area (Å²) in [6.07, 6.45) is 0. The maximum absolute atomic E-state index is 9.06. The van der Waals surface area contributed by atoms with Crippen molar-refractivity contribution >= 4 is 0 Å². The molecule has 0 saturated carbocycles. The molecule has 1 heterocycles. The maximum atomic E-state index is 9.06. The van der Waals surface area contributed by atoms with E-state index in [0.717, 1.165) is 17.1 Å². The fourth-order valence-corrected chi connectivity index (χ4v) is 1.60. The summed E-state index contributed by atoms with van der Waals surface area (Å²) in [5.74, 6) is 1.57. The standard InChI is InChI=1S/C13H16N2O2/c1-13(2,8-14)15(3)7-10-4-5-11-12(6-10)17-9-16-11/h4-6H,7,9H2,1-3H3. The zero-order chi connectivity index (χ0) is 12.5. The monoisotopic (exact) mass is 232 g/mol. The number of rotatable bonds is 3. The fraction of sp³-hybridized carbons (Fsp3) is 0.462. The van der Waals surface area contributed by atoms with Crippen molar-refractivity contribution < 1.29 is 9.47 Å². The molecule has 0 bridgehead atoms. The van der Waals surface area contributed by atoms with E-state index in [1.807, 2.05) is 44.0 Å². The molecule has 4 heteroatoms. The maximum Gasteiger partial charge on any atom is 0.231 e. The number of fused-ring (bicyclic) bond motifs is 1. The molecule has 0 fully saturated rings. The van der Waals surface area contributed by atoms with Gasteiger partial charge in [-0.3, -0.25) is 4.90 Å². The Morgan fingerprint density at radius 2 is 2.06 bits per heavy atom. The first-order valence-electron chi connectivity index (χ1n) is 5.54. The van der Waals surface area contributed by atoms with Crippen LogP contribution in [0.4, 0.5) is 0 Å². The molecule has 0 unspecified atom stereocenters. The summed E-state index contributed by atoms with van der Waals surface area (Å²) in [7, 11) is 1.94. The molecule has 90 valence electrons. The first-order valence-corrected chi connectivity index (χ1v) is 5.54. The average molecular weight is 232 g/mol. The van der Waals surface area contributed by atoms with E-state index in [0.29, 0.717) is 6.54 Å². The summed E-state index contributed by atoms with van der Waals surface area (Å²) >= 11 is 0. The van der Waals surface area contributed by atoms with Crippen LogP contribution in [0.5, 0.6) is 11.5 Å². The lowest BCUT2D eigenvalue weighted by molar-refractivity contribution is 0.173. The van der Waals surface area contributed by atoms with Gasteiger partial charge in [0.1, 0.15) is 5.54 Å². The number of benzene rings is 1. The Morgan fingerprint density at radius 1 is 1.35 bits per heavy atom. The molecule has 1 aliphatic rings. The highest BCUT2D eigenvalue weighted by Gasteiger charge is 2.23. The van der Waals surface area contributed by atoms with Crippen LogP contribution in [0.2, 0.25) is 0 Å². The van der Waals surface area contributed by atoms with Crippen molar-refractivity contribution in [3.8, 4) is 17.6 Å². The van der Waals surface area contributed by atoms with E-state index in [-0.39, 0.29) is 6.79 Å². The predicted molar refractivity (Wildman–Crippen MR) is 63.7 cm³/mol. The summed E-state index contributed by atoms with van der Waals surface area (Å²) in [4.78, 5) is 2.00. The van der Waals surface area contributed by atoms with Crippen molar-refractivity contribution in [2.75, 3.05) is 13.8 Å². The molecule has 17 heavy (non-hydrogen) atoms. The van der Waals surface area contributed by atoms with E-state index < -0.39 is 5.54 Å². The van der Waals surface area contributed by atoms with E-state index in [4.69, 9.17) is 14.7 Å². The van der Waals surface area contributed by atoms with Crippen LogP contribution in [0, 0.1) is 11.3 Å². The molecule has 1 aliphatic heterocycles. The molecular weight excluding hydrogens is 216 g/mol. The fourth-order valence-electron chi connectivity index (χ4n) is 1.60. The van der Waals surface area contributed by atoms with Crippen molar-refractivity contribution in [3.05, 3.63) is 23.8 Å². The molecule has 0 N–H and O–H groups in total. The van der Waals surface area contributed by atoms with Crippen LogP contribution < -0.4 is 9.47 Å². The van der Waals surface area contributed by atoms with Gasteiger partial charge in [-0.1, -0.05) is 6.07 Å². The second-order valence-electron chi connectivity index (χ2n) is 4.71. The van der Waals surface area contributed by atoms with Gasteiger partial charge in [-0.25, -0.2) is 0 Å². The van der Waals surface area contributed by atoms with Gasteiger partial charge in [-0.2, -0.15) is 5.26 Å². The van der Waals surface area contributed by atoms with Crippen molar-refractivity contribution in [2.45, 2.75) is 25.9 Å². The van der Waals surface area contributed by atoms with Gasteiger partial charge in [0.05, 0.1) is 6.07 Å². The Hall–Kier alpha value is -1.73. The Bertz CT molecular complexity index is 463. The molecule has 1 aromatic rings. The van der Waals surface area contributed by atoms with E-state index >= 15 is 0 Å². The third-order valence-electron chi connectivity index (χ3n) is 3.08. The zero-order valence-corrected chi connectivity index (χ0v) is 10.4. The van der Waals surface area contributed by atoms with E-state index in [1.165, 1.54) is 0 Å². The highest BCUT2D eigenvalue weighted by Crippen LogP contribution is 2.33. The molecule has 0 radical (unpaired) electrons. The van der Waals surface area contributed by atoms with Crippen molar-refractivity contribution in [1.29, 1.82) is 5.26 Å². The second kappa shape index (κ2) is 4.27. The number of ether oxygens (including phenoxy) is 2. The van der Waals surface area contributed by atoms with E-state index in [9.17, 15) is 0 Å². The van der Waals surface area contributed by atoms with E-state index in [1.54, 1.807) is 0 Å². The minimum atomic E-state index is -0.476. The van der Waals surface area contributed by atoms with Gasteiger partial charge in [-0.15, -0.1) is 0 Å². The lowest BCUT2D eigenvalue weighted by Gasteiger charge is -2.28. The molecule has 0 amide bonds. The van der Waals surface area contributed by atoms with Crippen LogP contribution in [0.3, 0.4) is 0 Å². The van der Waals surface area contributed by atoms with Gasteiger partial charge in [0.2, 0.25) is 6.79 Å². The molecule has 0 aliphatic carbocycles. The Morgan fingerprint density at radius 3 is 2.76 bits per heavy atom. The van der Waals surface area contributed by atoms with Gasteiger partial charge in [0.15, 0.2) is 11.5 Å². The average Bonchev–Trinajstić information content (AvgIpc) is 2.76. The van der Waals surface area contributed by atoms with Crippen molar-refractivity contribution in [3.63, 3.8) is 0 Å². The molecular formula is C13H16N2O2. The molecule has 2 rings (SSSR count). The van der Waals surface area contributed by atoms with Gasteiger partial charge in [0, 0.05) is 6.54 Å². The largest absolute Gasteiger partial charge is 0.454 e. The number of hydrogen-bond donors (Lipinski definition) is 0. The van der Waals surface area contributed by atoms with Crippen molar-refractivity contribution in [1.82, 2.24) is 4.90 Å². The Kier molecular flexibility index (Phi) is 2.95. The molecule has 0 atom stereocenters. The van der Waals surface area contributed by atoms with E-state index in [2.05, 4.69) is 6.07 Å². The van der Waals surface area contributed by atoms with Gasteiger partial charge in [-0.05, 0) is 38.6 Å². The predicted octanol–water partition coefficient (Wildman–Crippen LogP) is 2.15. The summed E-state index contributed by atoms with van der Waals surface area (Å²) in [5.41, 5.74) is 0.635. The number of hydrogen-bond acceptors (Lipinski definition) is 4. The van der Waals surface area contributed by atoms with Crippen LogP contribution in [0.1, 0.15) is 19.4 Å². The summed E-state index contributed by atoms with van der Waals surface area (Å²) in [5, 5.41) is 9.06. The minimum absolute atomic E-state index is 0.290. The van der Waals surface area contributed by atoms with Crippen LogP contribution in [0.25, 0.3) is 0 Å². The highest BCUT2D eigenvalue weighted by molar-refractivity contribution is 5.44. The summed E-state index contributed by atoms with van der Waals surface area (Å²) in [6.45, 7) is 4.80. The molecule has 0 saturated heterocycles. The lowest BCUT2D eigenvalue weighted by Crippen LogP contribution is -2.38. The molecule has 4 nitrogen and oxygen atoms in total. The van der Waals surface area contributed by atoms with Crippen molar-refractivity contribution in [2.24, 2.45) is 0 Å². The normalized spacial score (nSPS) is 13.8. The zero-order valence-electron chi connectivity index (χ0n) is 10.4. The lowest BCUT2D eigenvalue weighted by atomic mass is 10.0. The highest BCUT2D eigenvalue weighted by atomic mass is 16.7.